The largest absolute Gasteiger partial charge is 0.494 e. The van der Waals surface area contributed by atoms with Gasteiger partial charge in [-0.3, -0.25) is 14.4 Å². The van der Waals surface area contributed by atoms with E-state index >= 15 is 0 Å². The van der Waals surface area contributed by atoms with Crippen molar-refractivity contribution in [1.82, 2.24) is 10.2 Å². The van der Waals surface area contributed by atoms with E-state index in [4.69, 9.17) is 9.47 Å². The number of carbonyl (C=O) groups excluding carboxylic acids is 3. The number of hydrogen-bond acceptors (Lipinski definition) is 6. The summed E-state index contributed by atoms with van der Waals surface area (Å²) in [6.07, 6.45) is 8.41. The lowest BCUT2D eigenvalue weighted by Crippen LogP contribution is -2.56. The molecule has 3 fully saturated rings. The molecule has 2 aromatic rings. The second-order valence-electron chi connectivity index (χ2n) is 10.5. The molecule has 4 aliphatic rings. The molecule has 4 heterocycles. The van der Waals surface area contributed by atoms with E-state index in [0.29, 0.717) is 18.8 Å². The van der Waals surface area contributed by atoms with Crippen LogP contribution in [0.25, 0.3) is 0 Å². The van der Waals surface area contributed by atoms with E-state index in [1.165, 1.54) is 6.42 Å². The van der Waals surface area contributed by atoms with E-state index in [-0.39, 0.29) is 23.8 Å². The predicted octanol–water partition coefficient (Wildman–Crippen LogP) is 3.89. The first-order chi connectivity index (χ1) is 18.5. The van der Waals surface area contributed by atoms with Gasteiger partial charge in [-0.05, 0) is 55.5 Å². The van der Waals surface area contributed by atoms with E-state index in [1.54, 1.807) is 40.5 Å². The van der Waals surface area contributed by atoms with Crippen molar-refractivity contribution in [2.75, 3.05) is 11.9 Å². The molecule has 1 aromatic carbocycles. The molecule has 1 saturated carbocycles. The van der Waals surface area contributed by atoms with Crippen LogP contribution in [0.4, 0.5) is 5.69 Å². The molecule has 0 unspecified atom stereocenters. The maximum absolute atomic E-state index is 14.0. The number of hydrogen-bond donors (Lipinski definition) is 2. The van der Waals surface area contributed by atoms with E-state index in [0.717, 1.165) is 36.3 Å². The van der Waals surface area contributed by atoms with E-state index in [2.05, 4.69) is 10.6 Å². The van der Waals surface area contributed by atoms with Gasteiger partial charge in [0.05, 0.1) is 31.1 Å². The Morgan fingerprint density at radius 2 is 1.92 bits per heavy atom. The Balaban J connectivity index is 1.28. The molecule has 1 spiro atoms. The minimum atomic E-state index is -1.15. The molecule has 8 nitrogen and oxygen atoms in total. The maximum atomic E-state index is 14.0. The van der Waals surface area contributed by atoms with Crippen molar-refractivity contribution in [3.63, 3.8) is 0 Å². The van der Waals surface area contributed by atoms with E-state index in [9.17, 15) is 14.4 Å². The number of benzene rings is 1. The molecular weight excluding hydrogens is 502 g/mol. The predicted molar refractivity (Wildman–Crippen MR) is 144 cm³/mol. The van der Waals surface area contributed by atoms with Crippen LogP contribution in [0.15, 0.2) is 53.9 Å². The first-order valence-electron chi connectivity index (χ1n) is 13.5. The van der Waals surface area contributed by atoms with E-state index in [1.807, 2.05) is 36.6 Å². The van der Waals surface area contributed by atoms with Gasteiger partial charge >= 0.3 is 0 Å². The number of carbonyl (C=O) groups is 3. The molecule has 3 aliphatic heterocycles. The number of thiophene rings is 1. The number of likely N-dealkylation sites (tertiary alicyclic amines) is 1. The lowest BCUT2D eigenvalue weighted by Gasteiger charge is -2.34. The van der Waals surface area contributed by atoms with Gasteiger partial charge in [0.1, 0.15) is 17.4 Å². The quantitative estimate of drug-likeness (QED) is 0.500. The summed E-state index contributed by atoms with van der Waals surface area (Å²) >= 11 is 1.55. The van der Waals surface area contributed by atoms with Crippen molar-refractivity contribution in [3.8, 4) is 5.75 Å². The molecule has 38 heavy (non-hydrogen) atoms. The van der Waals surface area contributed by atoms with Gasteiger partial charge in [0, 0.05) is 16.6 Å². The fourth-order valence-corrected chi connectivity index (χ4v) is 7.26. The Bertz CT molecular complexity index is 1220. The van der Waals surface area contributed by atoms with Gasteiger partial charge in [-0.15, -0.1) is 11.3 Å². The van der Waals surface area contributed by atoms with Crippen LogP contribution in [0.5, 0.6) is 5.75 Å². The first kappa shape index (κ1) is 25.1. The van der Waals surface area contributed by atoms with Crippen molar-refractivity contribution in [1.29, 1.82) is 0 Å². The van der Waals surface area contributed by atoms with Crippen molar-refractivity contribution in [3.05, 3.63) is 58.8 Å². The van der Waals surface area contributed by atoms with Crippen LogP contribution < -0.4 is 15.4 Å². The van der Waals surface area contributed by atoms with Gasteiger partial charge in [0.25, 0.3) is 0 Å². The van der Waals surface area contributed by atoms with Crippen LogP contribution in [-0.4, -0.2) is 53.0 Å². The highest BCUT2D eigenvalue weighted by molar-refractivity contribution is 7.09. The number of ether oxygens (including phenoxy) is 2. The highest BCUT2D eigenvalue weighted by Gasteiger charge is 2.72. The molecule has 200 valence electrons. The molecule has 0 radical (unpaired) electrons. The summed E-state index contributed by atoms with van der Waals surface area (Å²) in [5, 5.41) is 8.14. The third-order valence-corrected chi connectivity index (χ3v) is 9.08. The van der Waals surface area contributed by atoms with Crippen LogP contribution in [0.1, 0.15) is 43.9 Å². The first-order valence-corrected chi connectivity index (χ1v) is 14.4. The SMILES string of the molecule is CCOc1ccc(NC(=O)[C@@H]2[C@@H]3C=C[C@]4(O3)[C@@H]2C(=O)N(Cc2cccs2)[C@@H]4C(=O)NC2CCCCC2)cc1. The number of fused-ring (bicyclic) bond motifs is 1. The second kappa shape index (κ2) is 10.2. The third kappa shape index (κ3) is 4.31. The lowest BCUT2D eigenvalue weighted by molar-refractivity contribution is -0.142. The highest BCUT2D eigenvalue weighted by atomic mass is 32.1. The number of nitrogens with one attached hydrogen (secondary N) is 2. The number of nitrogens with zero attached hydrogens (tertiary/aromatic N) is 1. The van der Waals surface area contributed by atoms with Gasteiger partial charge < -0.3 is 25.0 Å². The summed E-state index contributed by atoms with van der Waals surface area (Å²) in [4.78, 5) is 44.1. The Labute approximate surface area is 226 Å². The molecule has 2 bridgehead atoms. The van der Waals surface area contributed by atoms with Gasteiger partial charge in [0.2, 0.25) is 17.7 Å². The van der Waals surface area contributed by atoms with Crippen molar-refractivity contribution in [2.24, 2.45) is 11.8 Å². The zero-order valence-electron chi connectivity index (χ0n) is 21.4. The fraction of sp³-hybridized carbons (Fsp3) is 0.483. The van der Waals surface area contributed by atoms with Crippen LogP contribution in [0.2, 0.25) is 0 Å². The Hall–Kier alpha value is -3.17. The van der Waals surface area contributed by atoms with Crippen LogP contribution in [-0.2, 0) is 25.7 Å². The van der Waals surface area contributed by atoms with Crippen molar-refractivity contribution in [2.45, 2.75) is 69.4 Å². The normalized spacial score (nSPS) is 29.9. The summed E-state index contributed by atoms with van der Waals surface area (Å²) in [7, 11) is 0. The van der Waals surface area contributed by atoms with Gasteiger partial charge in [-0.25, -0.2) is 0 Å². The average Bonchev–Trinajstić information content (AvgIpc) is 3.69. The zero-order valence-corrected chi connectivity index (χ0v) is 22.2. The molecule has 5 atom stereocenters. The number of anilines is 1. The fourth-order valence-electron chi connectivity index (χ4n) is 6.56. The maximum Gasteiger partial charge on any atom is 0.246 e. The molecule has 9 heteroatoms. The number of rotatable bonds is 8. The summed E-state index contributed by atoms with van der Waals surface area (Å²) < 4.78 is 11.9. The second-order valence-corrected chi connectivity index (χ2v) is 11.6. The smallest absolute Gasteiger partial charge is 0.246 e. The monoisotopic (exact) mass is 535 g/mol. The third-order valence-electron chi connectivity index (χ3n) is 8.22. The standard InChI is InChI=1S/C29H33N3O5S/c1-2-36-20-12-10-19(11-13-20)30-26(33)23-22-14-15-29(37-22)24(23)28(35)32(17-21-9-6-16-38-21)25(29)27(34)31-18-7-4-3-5-8-18/h6,9-16,18,22-25H,2-5,7-8,17H2,1H3,(H,30,33)(H,31,34)/t22-,23+,24-,25+,29-/m0/s1. The Morgan fingerprint density at radius 1 is 1.13 bits per heavy atom. The number of amides is 3. The molecule has 6 rings (SSSR count). The topological polar surface area (TPSA) is 97.0 Å². The van der Waals surface area contributed by atoms with Crippen LogP contribution >= 0.6 is 11.3 Å². The van der Waals surface area contributed by atoms with Crippen molar-refractivity contribution < 1.29 is 23.9 Å². The minimum Gasteiger partial charge on any atom is -0.494 e. The van der Waals surface area contributed by atoms with Crippen molar-refractivity contribution >= 4 is 34.7 Å². The highest BCUT2D eigenvalue weighted by Crippen LogP contribution is 2.55. The molecule has 3 amide bonds. The molecule has 2 saturated heterocycles. The molecular formula is C29H33N3O5S. The summed E-state index contributed by atoms with van der Waals surface area (Å²) in [5.41, 5.74) is -0.537. The minimum absolute atomic E-state index is 0.103. The lowest BCUT2D eigenvalue weighted by atomic mass is 9.74. The average molecular weight is 536 g/mol. The van der Waals surface area contributed by atoms with Gasteiger partial charge in [0.15, 0.2) is 0 Å². The molecule has 1 aromatic heterocycles. The summed E-state index contributed by atoms with van der Waals surface area (Å²) in [6.45, 7) is 2.78. The van der Waals surface area contributed by atoms with Gasteiger partial charge in [-0.2, -0.15) is 0 Å². The summed E-state index contributed by atoms with van der Waals surface area (Å²) in [5.74, 6) is -1.45. The Morgan fingerprint density at radius 3 is 2.63 bits per heavy atom. The molecule has 1 aliphatic carbocycles. The molecule has 2 N–H and O–H groups in total. The van der Waals surface area contributed by atoms with Gasteiger partial charge in [-0.1, -0.05) is 37.5 Å². The Kier molecular flexibility index (Phi) is 6.74. The van der Waals surface area contributed by atoms with Crippen LogP contribution in [0, 0.1) is 11.8 Å². The summed E-state index contributed by atoms with van der Waals surface area (Å²) in [6, 6.07) is 10.3. The van der Waals surface area contributed by atoms with Crippen LogP contribution in [0.3, 0.4) is 0 Å². The zero-order chi connectivity index (χ0) is 26.3. The van der Waals surface area contributed by atoms with E-state index < -0.39 is 29.6 Å².